The predicted molar refractivity (Wildman–Crippen MR) is 60.3 cm³/mol. The molecule has 0 heterocycles. The van der Waals surface area contributed by atoms with Gasteiger partial charge >= 0.3 is 5.97 Å². The maximum Gasteiger partial charge on any atom is 0.338 e. The molecule has 0 fully saturated rings. The van der Waals surface area contributed by atoms with Crippen LogP contribution in [0.2, 0.25) is 0 Å². The number of carbonyl (C=O) groups is 1. The summed E-state index contributed by atoms with van der Waals surface area (Å²) in [5, 5.41) is 8.09. The molecule has 0 aliphatic heterocycles. The van der Waals surface area contributed by atoms with Crippen molar-refractivity contribution in [2.75, 3.05) is 0 Å². The monoisotopic (exact) mass is 260 g/mol. The van der Waals surface area contributed by atoms with Crippen molar-refractivity contribution in [1.29, 1.82) is 0 Å². The number of halogens is 1. The van der Waals surface area contributed by atoms with E-state index in [0.29, 0.717) is 6.42 Å². The van der Waals surface area contributed by atoms with Crippen LogP contribution in [0.1, 0.15) is 30.6 Å². The highest BCUT2D eigenvalue weighted by atomic mass is 32.2. The maximum atomic E-state index is 13.1. The van der Waals surface area contributed by atoms with Gasteiger partial charge in [0.05, 0.1) is 15.7 Å². The van der Waals surface area contributed by atoms with Crippen molar-refractivity contribution in [2.24, 2.45) is 0 Å². The fraction of sp³-hybridized carbons (Fsp3) is 0.364. The third-order valence-electron chi connectivity index (χ3n) is 2.60. The molecule has 6 heteroatoms. The molecule has 0 aliphatic carbocycles. The van der Waals surface area contributed by atoms with E-state index in [1.165, 1.54) is 6.92 Å². The van der Waals surface area contributed by atoms with Crippen LogP contribution >= 0.6 is 0 Å². The molecule has 94 valence electrons. The van der Waals surface area contributed by atoms with Crippen LogP contribution in [0.25, 0.3) is 0 Å². The topological polar surface area (TPSA) is 71.4 Å². The summed E-state index contributed by atoms with van der Waals surface area (Å²) in [5.41, 5.74) is -0.630. The van der Waals surface area contributed by atoms with Crippen molar-refractivity contribution >= 4 is 15.8 Å². The Morgan fingerprint density at radius 1 is 1.47 bits per heavy atom. The van der Waals surface area contributed by atoms with Gasteiger partial charge < -0.3 is 5.11 Å². The van der Waals surface area contributed by atoms with E-state index in [4.69, 9.17) is 5.11 Å². The normalized spacial score (nSPS) is 13.4. The molecule has 0 bridgehead atoms. The molecule has 0 aliphatic rings. The van der Waals surface area contributed by atoms with Gasteiger partial charge in [-0.2, -0.15) is 0 Å². The highest BCUT2D eigenvalue weighted by molar-refractivity contribution is 7.92. The number of carboxylic acids is 1. The average molecular weight is 260 g/mol. The number of benzene rings is 1. The van der Waals surface area contributed by atoms with Gasteiger partial charge in [0.15, 0.2) is 9.84 Å². The first-order chi connectivity index (χ1) is 7.80. The highest BCUT2D eigenvalue weighted by Crippen LogP contribution is 2.21. The lowest BCUT2D eigenvalue weighted by atomic mass is 10.2. The SMILES string of the molecule is CCC(C)S(=O)(=O)c1ccc(F)c(C(=O)O)c1. The number of hydrogen-bond acceptors (Lipinski definition) is 3. The Hall–Kier alpha value is -1.43. The van der Waals surface area contributed by atoms with Crippen LogP contribution in [0.5, 0.6) is 0 Å². The molecule has 1 unspecified atom stereocenters. The van der Waals surface area contributed by atoms with E-state index in [2.05, 4.69) is 0 Å². The van der Waals surface area contributed by atoms with Crippen LogP contribution in [-0.2, 0) is 9.84 Å². The lowest BCUT2D eigenvalue weighted by Gasteiger charge is -2.11. The number of rotatable bonds is 4. The summed E-state index contributed by atoms with van der Waals surface area (Å²) in [6.07, 6.45) is 0.405. The number of hydrogen-bond donors (Lipinski definition) is 1. The summed E-state index contributed by atoms with van der Waals surface area (Å²) in [4.78, 5) is 10.5. The third kappa shape index (κ3) is 2.63. The average Bonchev–Trinajstić information content (AvgIpc) is 2.27. The van der Waals surface area contributed by atoms with Crippen LogP contribution in [0.15, 0.2) is 23.1 Å². The second-order valence-electron chi connectivity index (χ2n) is 3.71. The van der Waals surface area contributed by atoms with Gasteiger partial charge in [0.2, 0.25) is 0 Å². The lowest BCUT2D eigenvalue weighted by Crippen LogP contribution is -2.17. The van der Waals surface area contributed by atoms with Gasteiger partial charge in [-0.05, 0) is 31.5 Å². The van der Waals surface area contributed by atoms with E-state index in [9.17, 15) is 17.6 Å². The van der Waals surface area contributed by atoms with Crippen molar-refractivity contribution in [3.8, 4) is 0 Å². The van der Waals surface area contributed by atoms with Gasteiger partial charge in [-0.25, -0.2) is 17.6 Å². The Balaban J connectivity index is 3.35. The summed E-state index contributed by atoms with van der Waals surface area (Å²) in [5.74, 6) is -2.43. The zero-order valence-corrected chi connectivity index (χ0v) is 10.3. The van der Waals surface area contributed by atoms with Crippen molar-refractivity contribution in [3.63, 3.8) is 0 Å². The van der Waals surface area contributed by atoms with Gasteiger partial charge in [0.25, 0.3) is 0 Å². The molecule has 1 aromatic rings. The number of carboxylic acid groups (broad SMARTS) is 1. The first kappa shape index (κ1) is 13.6. The van der Waals surface area contributed by atoms with Crippen LogP contribution < -0.4 is 0 Å². The quantitative estimate of drug-likeness (QED) is 0.841. The Bertz CT molecular complexity index is 536. The molecule has 0 spiro atoms. The minimum absolute atomic E-state index is 0.161. The van der Waals surface area contributed by atoms with Gasteiger partial charge in [-0.15, -0.1) is 0 Å². The summed E-state index contributed by atoms with van der Waals surface area (Å²) < 4.78 is 37.0. The summed E-state index contributed by atoms with van der Waals surface area (Å²) >= 11 is 0. The van der Waals surface area contributed by atoms with E-state index in [-0.39, 0.29) is 4.90 Å². The zero-order chi connectivity index (χ0) is 13.2. The number of aromatic carboxylic acids is 1. The molecule has 1 rings (SSSR count). The lowest BCUT2D eigenvalue weighted by molar-refractivity contribution is 0.0691. The Morgan fingerprint density at radius 2 is 2.06 bits per heavy atom. The first-order valence-electron chi connectivity index (χ1n) is 5.07. The maximum absolute atomic E-state index is 13.1. The van der Waals surface area contributed by atoms with Crippen molar-refractivity contribution in [3.05, 3.63) is 29.6 Å². The minimum atomic E-state index is -3.59. The van der Waals surface area contributed by atoms with E-state index in [0.717, 1.165) is 18.2 Å². The fourth-order valence-electron chi connectivity index (χ4n) is 1.30. The summed E-state index contributed by atoms with van der Waals surface area (Å²) in [7, 11) is -3.59. The van der Waals surface area contributed by atoms with Crippen LogP contribution in [0, 0.1) is 5.82 Å². The Morgan fingerprint density at radius 3 is 2.53 bits per heavy atom. The van der Waals surface area contributed by atoms with Crippen molar-refractivity contribution < 1.29 is 22.7 Å². The second kappa shape index (κ2) is 4.83. The largest absolute Gasteiger partial charge is 0.478 e. The smallest absolute Gasteiger partial charge is 0.338 e. The second-order valence-corrected chi connectivity index (χ2v) is 6.08. The minimum Gasteiger partial charge on any atom is -0.478 e. The van der Waals surface area contributed by atoms with E-state index < -0.39 is 32.4 Å². The molecular formula is C11H13FO4S. The van der Waals surface area contributed by atoms with E-state index >= 15 is 0 Å². The molecule has 1 atom stereocenters. The molecule has 0 radical (unpaired) electrons. The molecule has 0 saturated carbocycles. The fourth-order valence-corrected chi connectivity index (χ4v) is 2.74. The molecule has 0 aromatic heterocycles. The van der Waals surface area contributed by atoms with Gasteiger partial charge in [-0.1, -0.05) is 6.92 Å². The van der Waals surface area contributed by atoms with Crippen LogP contribution in [-0.4, -0.2) is 24.7 Å². The van der Waals surface area contributed by atoms with Crippen molar-refractivity contribution in [2.45, 2.75) is 30.4 Å². The van der Waals surface area contributed by atoms with Crippen molar-refractivity contribution in [1.82, 2.24) is 0 Å². The predicted octanol–water partition coefficient (Wildman–Crippen LogP) is 2.10. The number of sulfone groups is 1. The van der Waals surface area contributed by atoms with E-state index in [1.54, 1.807) is 6.92 Å². The molecule has 0 amide bonds. The zero-order valence-electron chi connectivity index (χ0n) is 9.47. The third-order valence-corrected chi connectivity index (χ3v) is 4.91. The Labute approximate surface area is 99.0 Å². The van der Waals surface area contributed by atoms with Gasteiger partial charge in [0, 0.05) is 0 Å². The molecule has 1 N–H and O–H groups in total. The highest BCUT2D eigenvalue weighted by Gasteiger charge is 2.23. The molecule has 1 aromatic carbocycles. The Kier molecular flexibility index (Phi) is 3.87. The molecule has 17 heavy (non-hydrogen) atoms. The van der Waals surface area contributed by atoms with E-state index in [1.807, 2.05) is 0 Å². The van der Waals surface area contributed by atoms with Gasteiger partial charge in [0.1, 0.15) is 5.82 Å². The molecule has 0 saturated heterocycles. The van der Waals surface area contributed by atoms with Crippen LogP contribution in [0.4, 0.5) is 4.39 Å². The summed E-state index contributed by atoms with van der Waals surface area (Å²) in [6.45, 7) is 3.24. The summed E-state index contributed by atoms with van der Waals surface area (Å²) in [6, 6.07) is 2.81. The van der Waals surface area contributed by atoms with Gasteiger partial charge in [-0.3, -0.25) is 0 Å². The molecular weight excluding hydrogens is 247 g/mol. The van der Waals surface area contributed by atoms with Crippen LogP contribution in [0.3, 0.4) is 0 Å². The first-order valence-corrected chi connectivity index (χ1v) is 6.62. The molecule has 4 nitrogen and oxygen atoms in total. The standard InChI is InChI=1S/C11H13FO4S/c1-3-7(2)17(15,16)8-4-5-10(12)9(6-8)11(13)14/h4-7H,3H2,1-2H3,(H,13,14).